The second kappa shape index (κ2) is 5.59. The van der Waals surface area contributed by atoms with E-state index < -0.39 is 0 Å². The number of aliphatic hydroxyl groups excluding tert-OH is 1. The minimum absolute atomic E-state index is 0.138. The zero-order valence-electron chi connectivity index (χ0n) is 11.0. The molecular formula is C14H21BrN2O. The van der Waals surface area contributed by atoms with E-state index in [0.29, 0.717) is 0 Å². The van der Waals surface area contributed by atoms with Crippen molar-refractivity contribution >= 4 is 21.6 Å². The maximum absolute atomic E-state index is 9.42. The third-order valence-corrected chi connectivity index (χ3v) is 4.01. The molecule has 100 valence electrons. The molecule has 0 bridgehead atoms. The summed E-state index contributed by atoms with van der Waals surface area (Å²) in [7, 11) is 0. The first-order valence-corrected chi connectivity index (χ1v) is 7.15. The molecule has 0 radical (unpaired) electrons. The van der Waals surface area contributed by atoms with Crippen LogP contribution >= 0.6 is 15.9 Å². The molecule has 0 spiro atoms. The van der Waals surface area contributed by atoms with Crippen molar-refractivity contribution in [3.05, 3.63) is 28.7 Å². The van der Waals surface area contributed by atoms with Crippen molar-refractivity contribution in [2.24, 2.45) is 5.41 Å². The van der Waals surface area contributed by atoms with Crippen molar-refractivity contribution in [2.75, 3.05) is 31.1 Å². The molecule has 1 heterocycles. The molecule has 0 aromatic heterocycles. The van der Waals surface area contributed by atoms with Crippen molar-refractivity contribution in [2.45, 2.75) is 19.9 Å². The van der Waals surface area contributed by atoms with E-state index in [-0.39, 0.29) is 18.1 Å². The van der Waals surface area contributed by atoms with Gasteiger partial charge in [-0.15, -0.1) is 0 Å². The Morgan fingerprint density at radius 1 is 1.44 bits per heavy atom. The quantitative estimate of drug-likeness (QED) is 0.879. The summed E-state index contributed by atoms with van der Waals surface area (Å²) in [5.74, 6) is 0. The van der Waals surface area contributed by atoms with Crippen molar-refractivity contribution in [1.29, 1.82) is 0 Å². The summed E-state index contributed by atoms with van der Waals surface area (Å²) in [5.41, 5.74) is 1.40. The summed E-state index contributed by atoms with van der Waals surface area (Å²) in [4.78, 5) is 2.35. The standard InChI is InChI=1S/C14H21BrN2O/c1-14(2)9-16-11(8-18)7-17(10-14)13-6-4-3-5-12(13)15/h3-6,11,16,18H,7-10H2,1-2H3. The van der Waals surface area contributed by atoms with Crippen LogP contribution in [0.5, 0.6) is 0 Å². The summed E-state index contributed by atoms with van der Waals surface area (Å²) in [6.07, 6.45) is 0. The Bertz CT molecular complexity index is 409. The Kier molecular flexibility index (Phi) is 4.30. The van der Waals surface area contributed by atoms with E-state index >= 15 is 0 Å². The highest BCUT2D eigenvalue weighted by atomic mass is 79.9. The smallest absolute Gasteiger partial charge is 0.0601 e. The second-order valence-electron chi connectivity index (χ2n) is 5.76. The first-order valence-electron chi connectivity index (χ1n) is 6.35. The molecule has 0 amide bonds. The number of halogens is 1. The van der Waals surface area contributed by atoms with Gasteiger partial charge in [0.25, 0.3) is 0 Å². The summed E-state index contributed by atoms with van der Waals surface area (Å²) >= 11 is 3.61. The Balaban J connectivity index is 2.26. The fourth-order valence-corrected chi connectivity index (χ4v) is 2.94. The number of nitrogens with one attached hydrogen (secondary N) is 1. The topological polar surface area (TPSA) is 35.5 Å². The molecule has 1 aromatic carbocycles. The van der Waals surface area contributed by atoms with Crippen LogP contribution in [0, 0.1) is 5.41 Å². The van der Waals surface area contributed by atoms with Gasteiger partial charge in [0.2, 0.25) is 0 Å². The fourth-order valence-electron chi connectivity index (χ4n) is 2.40. The van der Waals surface area contributed by atoms with E-state index in [9.17, 15) is 5.11 Å². The van der Waals surface area contributed by atoms with E-state index in [2.05, 4.69) is 58.2 Å². The third kappa shape index (κ3) is 3.25. The van der Waals surface area contributed by atoms with E-state index in [1.807, 2.05) is 6.07 Å². The summed E-state index contributed by atoms with van der Waals surface area (Å²) in [5, 5.41) is 12.9. The average molecular weight is 313 g/mol. The number of aliphatic hydroxyl groups is 1. The lowest BCUT2D eigenvalue weighted by atomic mass is 9.93. The van der Waals surface area contributed by atoms with Crippen molar-refractivity contribution < 1.29 is 5.11 Å². The number of para-hydroxylation sites is 1. The summed E-state index contributed by atoms with van der Waals surface area (Å²) in [6.45, 7) is 7.44. The van der Waals surface area contributed by atoms with Crippen LogP contribution in [0.4, 0.5) is 5.69 Å². The minimum Gasteiger partial charge on any atom is -0.395 e. The fraction of sp³-hybridized carbons (Fsp3) is 0.571. The lowest BCUT2D eigenvalue weighted by Crippen LogP contribution is -2.40. The molecule has 1 aliphatic rings. The van der Waals surface area contributed by atoms with E-state index in [1.54, 1.807) is 0 Å². The number of rotatable bonds is 2. The molecule has 1 aromatic rings. The maximum atomic E-state index is 9.42. The van der Waals surface area contributed by atoms with E-state index in [4.69, 9.17) is 0 Å². The maximum Gasteiger partial charge on any atom is 0.0601 e. The van der Waals surface area contributed by atoms with Crippen LogP contribution in [0.15, 0.2) is 28.7 Å². The number of anilines is 1. The molecule has 1 saturated heterocycles. The van der Waals surface area contributed by atoms with Gasteiger partial charge >= 0.3 is 0 Å². The van der Waals surface area contributed by atoms with Crippen LogP contribution in [-0.2, 0) is 0 Å². The zero-order chi connectivity index (χ0) is 13.2. The normalized spacial score (nSPS) is 23.8. The predicted octanol–water partition coefficient (Wildman–Crippen LogP) is 2.25. The molecule has 3 nitrogen and oxygen atoms in total. The lowest BCUT2D eigenvalue weighted by molar-refractivity contribution is 0.242. The molecule has 4 heteroatoms. The van der Waals surface area contributed by atoms with Crippen LogP contribution in [0.2, 0.25) is 0 Å². The van der Waals surface area contributed by atoms with Crippen molar-refractivity contribution in [1.82, 2.24) is 5.32 Å². The molecule has 2 rings (SSSR count). The highest BCUT2D eigenvalue weighted by Gasteiger charge is 2.29. The second-order valence-corrected chi connectivity index (χ2v) is 6.61. The molecule has 1 unspecified atom stereocenters. The van der Waals surface area contributed by atoms with Crippen LogP contribution in [-0.4, -0.2) is 37.4 Å². The number of benzene rings is 1. The first kappa shape index (κ1) is 13.8. The highest BCUT2D eigenvalue weighted by Crippen LogP contribution is 2.30. The Hall–Kier alpha value is -0.580. The third-order valence-electron chi connectivity index (χ3n) is 3.34. The van der Waals surface area contributed by atoms with Crippen LogP contribution in [0.3, 0.4) is 0 Å². The van der Waals surface area contributed by atoms with Gasteiger partial charge in [0, 0.05) is 30.1 Å². The molecule has 1 fully saturated rings. The Labute approximate surface area is 117 Å². The van der Waals surface area contributed by atoms with Gasteiger partial charge in [-0.2, -0.15) is 0 Å². The summed E-state index contributed by atoms with van der Waals surface area (Å²) < 4.78 is 1.11. The lowest BCUT2D eigenvalue weighted by Gasteiger charge is -2.31. The molecule has 1 atom stereocenters. The molecule has 1 aliphatic heterocycles. The molecule has 2 N–H and O–H groups in total. The van der Waals surface area contributed by atoms with Gasteiger partial charge in [0.15, 0.2) is 0 Å². The van der Waals surface area contributed by atoms with Gasteiger partial charge in [-0.1, -0.05) is 26.0 Å². The Morgan fingerprint density at radius 3 is 2.83 bits per heavy atom. The monoisotopic (exact) mass is 312 g/mol. The van der Waals surface area contributed by atoms with E-state index in [1.165, 1.54) is 5.69 Å². The molecular weight excluding hydrogens is 292 g/mol. The number of nitrogens with zero attached hydrogens (tertiary/aromatic N) is 1. The van der Waals surface area contributed by atoms with Crippen LogP contribution in [0.25, 0.3) is 0 Å². The predicted molar refractivity (Wildman–Crippen MR) is 79.0 cm³/mol. The van der Waals surface area contributed by atoms with Gasteiger partial charge in [0.1, 0.15) is 0 Å². The largest absolute Gasteiger partial charge is 0.395 e. The zero-order valence-corrected chi connectivity index (χ0v) is 12.6. The average Bonchev–Trinajstić information content (AvgIpc) is 2.48. The van der Waals surface area contributed by atoms with Gasteiger partial charge in [-0.05, 0) is 33.5 Å². The number of hydrogen-bond donors (Lipinski definition) is 2. The minimum atomic E-state index is 0.138. The highest BCUT2D eigenvalue weighted by molar-refractivity contribution is 9.10. The summed E-state index contributed by atoms with van der Waals surface area (Å²) in [6, 6.07) is 8.41. The van der Waals surface area contributed by atoms with Gasteiger partial charge < -0.3 is 15.3 Å². The van der Waals surface area contributed by atoms with Gasteiger partial charge in [-0.25, -0.2) is 0 Å². The van der Waals surface area contributed by atoms with Crippen LogP contribution < -0.4 is 10.2 Å². The number of hydrogen-bond acceptors (Lipinski definition) is 3. The first-order chi connectivity index (χ1) is 8.52. The van der Waals surface area contributed by atoms with Gasteiger partial charge in [-0.3, -0.25) is 0 Å². The SMILES string of the molecule is CC1(C)CNC(CO)CN(c2ccccc2Br)C1. The van der Waals surface area contributed by atoms with Crippen LogP contribution in [0.1, 0.15) is 13.8 Å². The van der Waals surface area contributed by atoms with Crippen molar-refractivity contribution in [3.8, 4) is 0 Å². The Morgan fingerprint density at radius 2 is 2.17 bits per heavy atom. The molecule has 18 heavy (non-hydrogen) atoms. The van der Waals surface area contributed by atoms with Gasteiger partial charge in [0.05, 0.1) is 12.3 Å². The molecule has 0 saturated carbocycles. The van der Waals surface area contributed by atoms with Crippen molar-refractivity contribution in [3.63, 3.8) is 0 Å². The molecule has 0 aliphatic carbocycles. The van der Waals surface area contributed by atoms with E-state index in [0.717, 1.165) is 24.1 Å².